The van der Waals surface area contributed by atoms with Crippen LogP contribution in [0.2, 0.25) is 0 Å². The van der Waals surface area contributed by atoms with Gasteiger partial charge in [0.1, 0.15) is 0 Å². The second kappa shape index (κ2) is 8.18. The number of hydrogen-bond donors (Lipinski definition) is 3. The number of methoxy groups -OCH3 is 2. The Balaban J connectivity index is 1.71. The third-order valence-corrected chi connectivity index (χ3v) is 4.73. The molecule has 0 bridgehead atoms. The van der Waals surface area contributed by atoms with Crippen LogP contribution in [0.5, 0.6) is 11.5 Å². The summed E-state index contributed by atoms with van der Waals surface area (Å²) in [6.45, 7) is 2.35. The molecule has 3 aromatic rings. The average Bonchev–Trinajstić information content (AvgIpc) is 3.06. The molecule has 0 aliphatic carbocycles. The van der Waals surface area contributed by atoms with Gasteiger partial charge in [0.05, 0.1) is 31.3 Å². The van der Waals surface area contributed by atoms with Crippen molar-refractivity contribution in [2.24, 2.45) is 0 Å². The van der Waals surface area contributed by atoms with Crippen LogP contribution in [0.3, 0.4) is 0 Å². The summed E-state index contributed by atoms with van der Waals surface area (Å²) in [5.74, 6) is 1.16. The fraction of sp³-hybridized carbons (Fsp3) is 0.300. The molecule has 0 saturated heterocycles. The lowest BCUT2D eigenvalue weighted by Crippen LogP contribution is -2.39. The Bertz CT molecular complexity index is 1040. The normalized spacial score (nSPS) is 12.2. The van der Waals surface area contributed by atoms with Crippen LogP contribution in [-0.2, 0) is 11.3 Å². The third-order valence-electron chi connectivity index (χ3n) is 4.73. The van der Waals surface area contributed by atoms with Crippen LogP contribution in [0.4, 0.5) is 5.69 Å². The first-order valence-electron chi connectivity index (χ1n) is 8.86. The van der Waals surface area contributed by atoms with Gasteiger partial charge in [-0.25, -0.2) is 4.79 Å². The van der Waals surface area contributed by atoms with E-state index >= 15 is 0 Å². The molecule has 0 radical (unpaired) electrons. The van der Waals surface area contributed by atoms with Gasteiger partial charge in [0, 0.05) is 17.8 Å². The molecule has 3 N–H and O–H groups in total. The molecule has 1 aromatic heterocycles. The molecule has 2 aromatic carbocycles. The number of nitrogens with zero attached hydrogens (tertiary/aromatic N) is 1. The number of ether oxygens (including phenoxy) is 2. The van der Waals surface area contributed by atoms with Crippen LogP contribution in [-0.4, -0.2) is 48.1 Å². The highest BCUT2D eigenvalue weighted by Crippen LogP contribution is 2.31. The van der Waals surface area contributed by atoms with E-state index in [1.54, 1.807) is 32.4 Å². The van der Waals surface area contributed by atoms with E-state index in [4.69, 9.17) is 9.47 Å². The molecule has 8 heteroatoms. The number of para-hydroxylation sites is 1. The standard InChI is InChI=1S/C20H24N4O4/c1-12(24(2)11-13-6-5-7-17(27-3)18(13)28-4)19(25)21-14-8-9-15-16(10-14)23-20(26)22-15/h5-10,12H,11H2,1-4H3,(H,21,25)(H2,22,23,26)/t12-/m1/s1. The number of anilines is 1. The molecule has 0 fully saturated rings. The van der Waals surface area contributed by atoms with E-state index < -0.39 is 6.04 Å². The minimum atomic E-state index is -0.392. The van der Waals surface area contributed by atoms with Crippen LogP contribution in [0.1, 0.15) is 12.5 Å². The van der Waals surface area contributed by atoms with Gasteiger partial charge in [-0.15, -0.1) is 0 Å². The topological polar surface area (TPSA) is 99.5 Å². The highest BCUT2D eigenvalue weighted by atomic mass is 16.5. The van der Waals surface area contributed by atoms with Crippen LogP contribution >= 0.6 is 0 Å². The molecule has 0 spiro atoms. The molecule has 0 aliphatic rings. The predicted octanol–water partition coefficient (Wildman–Crippen LogP) is 2.33. The van der Waals surface area contributed by atoms with E-state index in [-0.39, 0.29) is 11.6 Å². The van der Waals surface area contributed by atoms with Gasteiger partial charge in [-0.1, -0.05) is 12.1 Å². The molecule has 1 amide bonds. The molecule has 0 saturated carbocycles. The lowest BCUT2D eigenvalue weighted by Gasteiger charge is -2.25. The molecule has 8 nitrogen and oxygen atoms in total. The van der Waals surface area contributed by atoms with Gasteiger partial charge < -0.3 is 24.8 Å². The van der Waals surface area contributed by atoms with Crippen LogP contribution in [0, 0.1) is 0 Å². The Hall–Kier alpha value is -3.26. The number of fused-ring (bicyclic) bond motifs is 1. The number of amides is 1. The highest BCUT2D eigenvalue weighted by molar-refractivity contribution is 5.96. The van der Waals surface area contributed by atoms with Gasteiger partial charge in [-0.2, -0.15) is 0 Å². The molecule has 28 heavy (non-hydrogen) atoms. The number of carbonyl (C=O) groups is 1. The van der Waals surface area contributed by atoms with Crippen molar-refractivity contribution in [2.45, 2.75) is 19.5 Å². The SMILES string of the molecule is COc1cccc(CN(C)[C@H](C)C(=O)Nc2ccc3[nH]c(=O)[nH]c3c2)c1OC. The average molecular weight is 384 g/mol. The van der Waals surface area contributed by atoms with Gasteiger partial charge >= 0.3 is 5.69 Å². The molecule has 148 valence electrons. The van der Waals surface area contributed by atoms with Gasteiger partial charge in [-0.05, 0) is 38.2 Å². The third kappa shape index (κ3) is 4.01. The molecule has 1 heterocycles. The number of likely N-dealkylation sites (N-methyl/N-ethyl adjacent to an activating group) is 1. The summed E-state index contributed by atoms with van der Waals surface area (Å²) in [5, 5.41) is 2.89. The monoisotopic (exact) mass is 384 g/mol. The van der Waals surface area contributed by atoms with Crippen molar-refractivity contribution in [1.29, 1.82) is 0 Å². The summed E-state index contributed by atoms with van der Waals surface area (Å²) in [6.07, 6.45) is 0. The Kier molecular flexibility index (Phi) is 5.70. The Labute approximate surface area is 162 Å². The lowest BCUT2D eigenvalue weighted by atomic mass is 10.1. The Morgan fingerprint density at radius 1 is 1.14 bits per heavy atom. The minimum Gasteiger partial charge on any atom is -0.493 e. The number of hydrogen-bond acceptors (Lipinski definition) is 5. The molecule has 3 rings (SSSR count). The van der Waals surface area contributed by atoms with Gasteiger partial charge in [0.2, 0.25) is 5.91 Å². The van der Waals surface area contributed by atoms with E-state index in [0.717, 1.165) is 5.56 Å². The summed E-state index contributed by atoms with van der Waals surface area (Å²) in [4.78, 5) is 31.3. The van der Waals surface area contributed by atoms with Crippen LogP contribution < -0.4 is 20.5 Å². The van der Waals surface area contributed by atoms with Crippen molar-refractivity contribution in [3.63, 3.8) is 0 Å². The van der Waals surface area contributed by atoms with Crippen LogP contribution in [0.15, 0.2) is 41.2 Å². The van der Waals surface area contributed by atoms with Gasteiger partial charge in [0.25, 0.3) is 0 Å². The molecule has 0 aliphatic heterocycles. The van der Waals surface area contributed by atoms with E-state index in [1.807, 2.05) is 37.1 Å². The first kappa shape index (κ1) is 19.5. The number of aromatic amines is 2. The number of H-pyrrole nitrogens is 2. The van der Waals surface area contributed by atoms with E-state index in [2.05, 4.69) is 15.3 Å². The maximum Gasteiger partial charge on any atom is 0.323 e. The zero-order valence-corrected chi connectivity index (χ0v) is 16.3. The number of carbonyl (C=O) groups excluding carboxylic acids is 1. The summed E-state index contributed by atoms with van der Waals surface area (Å²) in [5.41, 5.74) is 2.60. The smallest absolute Gasteiger partial charge is 0.323 e. The van der Waals surface area contributed by atoms with Crippen molar-refractivity contribution < 1.29 is 14.3 Å². The van der Waals surface area contributed by atoms with E-state index in [0.29, 0.717) is 34.8 Å². The van der Waals surface area contributed by atoms with E-state index in [9.17, 15) is 9.59 Å². The maximum atomic E-state index is 12.7. The lowest BCUT2D eigenvalue weighted by molar-refractivity contribution is -0.120. The number of nitrogens with one attached hydrogen (secondary N) is 3. The second-order valence-electron chi connectivity index (χ2n) is 6.57. The van der Waals surface area contributed by atoms with Crippen molar-refractivity contribution in [3.8, 4) is 11.5 Å². The van der Waals surface area contributed by atoms with Crippen LogP contribution in [0.25, 0.3) is 11.0 Å². The van der Waals surface area contributed by atoms with E-state index in [1.165, 1.54) is 0 Å². The fourth-order valence-electron chi connectivity index (χ4n) is 3.04. The first-order valence-corrected chi connectivity index (χ1v) is 8.86. The zero-order valence-electron chi connectivity index (χ0n) is 16.3. The van der Waals surface area contributed by atoms with Gasteiger partial charge in [0.15, 0.2) is 11.5 Å². The maximum absolute atomic E-state index is 12.7. The summed E-state index contributed by atoms with van der Waals surface area (Å²) in [6, 6.07) is 10.5. The Morgan fingerprint density at radius 2 is 1.89 bits per heavy atom. The van der Waals surface area contributed by atoms with Crippen molar-refractivity contribution in [3.05, 3.63) is 52.4 Å². The molecule has 1 atom stereocenters. The van der Waals surface area contributed by atoms with Crippen molar-refractivity contribution in [1.82, 2.24) is 14.9 Å². The number of aromatic nitrogens is 2. The Morgan fingerprint density at radius 3 is 2.61 bits per heavy atom. The number of rotatable bonds is 7. The largest absolute Gasteiger partial charge is 0.493 e. The zero-order chi connectivity index (χ0) is 20.3. The molecular formula is C20H24N4O4. The van der Waals surface area contributed by atoms with Gasteiger partial charge in [-0.3, -0.25) is 9.69 Å². The highest BCUT2D eigenvalue weighted by Gasteiger charge is 2.20. The number of benzene rings is 2. The first-order chi connectivity index (χ1) is 13.4. The minimum absolute atomic E-state index is 0.151. The summed E-state index contributed by atoms with van der Waals surface area (Å²) < 4.78 is 10.8. The number of imidazole rings is 1. The predicted molar refractivity (Wildman–Crippen MR) is 108 cm³/mol. The quantitative estimate of drug-likeness (QED) is 0.581. The summed E-state index contributed by atoms with van der Waals surface area (Å²) >= 11 is 0. The van der Waals surface area contributed by atoms with Crippen molar-refractivity contribution in [2.75, 3.05) is 26.6 Å². The fourth-order valence-corrected chi connectivity index (χ4v) is 3.04. The molecular weight excluding hydrogens is 360 g/mol. The molecule has 0 unspecified atom stereocenters. The second-order valence-corrected chi connectivity index (χ2v) is 6.57. The summed E-state index contributed by atoms with van der Waals surface area (Å²) in [7, 11) is 5.06. The van der Waals surface area contributed by atoms with Crippen molar-refractivity contribution >= 4 is 22.6 Å².